The van der Waals surface area contributed by atoms with Crippen LogP contribution in [-0.2, 0) is 4.79 Å². The van der Waals surface area contributed by atoms with Crippen LogP contribution in [0.25, 0.3) is 0 Å². The Hall–Kier alpha value is -1.13. The Morgan fingerprint density at radius 2 is 1.89 bits per heavy atom. The normalized spacial score (nSPS) is 27.4. The number of halogens is 2. The summed E-state index contributed by atoms with van der Waals surface area (Å²) in [6, 6.07) is 4.86. The largest absolute Gasteiger partial charge is 0.426 e. The van der Waals surface area contributed by atoms with E-state index in [0.29, 0.717) is 17.6 Å². The van der Waals surface area contributed by atoms with Gasteiger partial charge in [0.15, 0.2) is 0 Å². The number of ether oxygens (including phenoxy) is 1. The van der Waals surface area contributed by atoms with Crippen molar-refractivity contribution in [2.75, 3.05) is 20.6 Å². The maximum Gasteiger partial charge on any atom is 0.316 e. The molecule has 4 atom stereocenters. The molecule has 0 aliphatic heterocycles. The van der Waals surface area contributed by atoms with Gasteiger partial charge >= 0.3 is 5.97 Å². The van der Waals surface area contributed by atoms with Crippen molar-refractivity contribution >= 4 is 18.4 Å². The molecule has 0 amide bonds. The van der Waals surface area contributed by atoms with Crippen LogP contribution in [0.4, 0.5) is 4.39 Å². The number of benzene rings is 1. The van der Waals surface area contributed by atoms with Crippen LogP contribution >= 0.6 is 12.4 Å². The summed E-state index contributed by atoms with van der Waals surface area (Å²) in [6.07, 6.45) is 5.02. The van der Waals surface area contributed by atoms with Gasteiger partial charge in [0, 0.05) is 12.6 Å². The molecule has 2 aliphatic rings. The van der Waals surface area contributed by atoms with Gasteiger partial charge in [-0.05, 0) is 95.5 Å². The number of rotatable bonds is 4. The third-order valence-electron chi connectivity index (χ3n) is 6.01. The summed E-state index contributed by atoms with van der Waals surface area (Å²) < 4.78 is 19.8. The van der Waals surface area contributed by atoms with E-state index >= 15 is 0 Å². The predicted octanol–water partition coefficient (Wildman–Crippen LogP) is 5.28. The summed E-state index contributed by atoms with van der Waals surface area (Å²) in [5, 5.41) is 0. The summed E-state index contributed by atoms with van der Waals surface area (Å²) in [5.41, 5.74) is 0.384. The fourth-order valence-corrected chi connectivity index (χ4v) is 4.78. The van der Waals surface area contributed by atoms with Gasteiger partial charge < -0.3 is 9.64 Å². The quantitative estimate of drug-likeness (QED) is 0.511. The van der Waals surface area contributed by atoms with Crippen molar-refractivity contribution in [1.82, 2.24) is 4.90 Å². The van der Waals surface area contributed by atoms with Gasteiger partial charge in [-0.3, -0.25) is 4.79 Å². The minimum atomic E-state index is -0.607. The first-order chi connectivity index (χ1) is 12.1. The highest BCUT2D eigenvalue weighted by molar-refractivity contribution is 5.85. The highest BCUT2D eigenvalue weighted by Crippen LogP contribution is 2.52. The minimum absolute atomic E-state index is 0. The van der Waals surface area contributed by atoms with E-state index in [-0.39, 0.29) is 24.2 Å². The van der Waals surface area contributed by atoms with Crippen LogP contribution in [0.3, 0.4) is 0 Å². The lowest BCUT2D eigenvalue weighted by atomic mass is 9.69. The second-order valence-corrected chi connectivity index (χ2v) is 9.57. The molecule has 152 valence electrons. The molecule has 2 aliphatic carbocycles. The molecule has 0 N–H and O–H groups in total. The van der Waals surface area contributed by atoms with E-state index < -0.39 is 5.41 Å². The van der Waals surface area contributed by atoms with E-state index in [9.17, 15) is 9.18 Å². The first kappa shape index (κ1) is 22.2. The molecule has 4 unspecified atom stereocenters. The molecule has 0 heterocycles. The number of nitrogens with zero attached hydrogens (tertiary/aromatic N) is 1. The molecule has 0 spiro atoms. The molecule has 1 aromatic carbocycles. The highest BCUT2D eigenvalue weighted by Gasteiger charge is 2.42. The summed E-state index contributed by atoms with van der Waals surface area (Å²) in [6.45, 7) is 6.44. The Morgan fingerprint density at radius 1 is 1.19 bits per heavy atom. The van der Waals surface area contributed by atoms with Crippen LogP contribution in [0.15, 0.2) is 18.2 Å². The van der Waals surface area contributed by atoms with E-state index in [0.717, 1.165) is 30.4 Å². The molecular formula is C22H33ClFNO2. The van der Waals surface area contributed by atoms with Gasteiger partial charge in [-0.2, -0.15) is 0 Å². The van der Waals surface area contributed by atoms with Crippen LogP contribution in [0.2, 0.25) is 0 Å². The van der Waals surface area contributed by atoms with Crippen molar-refractivity contribution in [3.8, 4) is 5.75 Å². The van der Waals surface area contributed by atoms with E-state index in [1.807, 2.05) is 26.8 Å². The SMILES string of the molecule is CN(C)CC1C2CCC(C2)CC1c1cc(F)cc(OC(=O)C(C)(C)C)c1.Cl. The molecule has 3 nitrogen and oxygen atoms in total. The van der Waals surface area contributed by atoms with E-state index in [1.165, 1.54) is 25.3 Å². The summed E-state index contributed by atoms with van der Waals surface area (Å²) >= 11 is 0. The van der Waals surface area contributed by atoms with Gasteiger partial charge in [-0.25, -0.2) is 4.39 Å². The standard InChI is InChI=1S/C22H32FNO2.ClH/c1-22(2,3)21(25)26-18-11-16(10-17(23)12-18)19-9-14-6-7-15(8-14)20(19)13-24(4)5;/h10-12,14-15,19-20H,6-9,13H2,1-5H3;1H. The van der Waals surface area contributed by atoms with Gasteiger partial charge in [0.05, 0.1) is 5.41 Å². The monoisotopic (exact) mass is 397 g/mol. The molecule has 27 heavy (non-hydrogen) atoms. The molecule has 3 rings (SSSR count). The molecule has 2 saturated carbocycles. The topological polar surface area (TPSA) is 29.5 Å². The molecular weight excluding hydrogens is 365 g/mol. The molecule has 0 saturated heterocycles. The lowest BCUT2D eigenvalue weighted by molar-refractivity contribution is -0.143. The molecule has 0 aromatic heterocycles. The number of esters is 1. The lowest BCUT2D eigenvalue weighted by Gasteiger charge is -2.38. The second-order valence-electron chi connectivity index (χ2n) is 9.57. The van der Waals surface area contributed by atoms with Crippen molar-refractivity contribution in [1.29, 1.82) is 0 Å². The zero-order chi connectivity index (χ0) is 19.1. The summed E-state index contributed by atoms with van der Waals surface area (Å²) in [7, 11) is 4.22. The number of hydrogen-bond acceptors (Lipinski definition) is 3. The van der Waals surface area contributed by atoms with Crippen molar-refractivity contribution < 1.29 is 13.9 Å². The van der Waals surface area contributed by atoms with Crippen LogP contribution in [0.5, 0.6) is 5.75 Å². The van der Waals surface area contributed by atoms with Crippen molar-refractivity contribution in [3.63, 3.8) is 0 Å². The number of fused-ring (bicyclic) bond motifs is 2. The fourth-order valence-electron chi connectivity index (χ4n) is 4.78. The molecule has 5 heteroatoms. The van der Waals surface area contributed by atoms with E-state index in [4.69, 9.17) is 4.74 Å². The molecule has 2 fully saturated rings. The zero-order valence-corrected chi connectivity index (χ0v) is 17.9. The minimum Gasteiger partial charge on any atom is -0.426 e. The first-order valence-corrected chi connectivity index (χ1v) is 9.81. The third-order valence-corrected chi connectivity index (χ3v) is 6.01. The van der Waals surface area contributed by atoms with Gasteiger partial charge in [-0.1, -0.05) is 6.42 Å². The van der Waals surface area contributed by atoms with Crippen LogP contribution < -0.4 is 4.74 Å². The van der Waals surface area contributed by atoms with Crippen molar-refractivity contribution in [2.45, 2.75) is 52.4 Å². The Bertz CT molecular complexity index is 671. The molecule has 2 bridgehead atoms. The Kier molecular flexibility index (Phi) is 6.96. The smallest absolute Gasteiger partial charge is 0.316 e. The first-order valence-electron chi connectivity index (χ1n) is 9.81. The average Bonchev–Trinajstić information content (AvgIpc) is 2.91. The maximum atomic E-state index is 14.3. The third kappa shape index (κ3) is 5.23. The molecule has 0 radical (unpaired) electrons. The number of carbonyl (C=O) groups is 1. The van der Waals surface area contributed by atoms with E-state index in [2.05, 4.69) is 19.0 Å². The maximum absolute atomic E-state index is 14.3. The number of hydrogen-bond donors (Lipinski definition) is 0. The Balaban J connectivity index is 0.00000261. The average molecular weight is 398 g/mol. The Morgan fingerprint density at radius 3 is 2.52 bits per heavy atom. The van der Waals surface area contributed by atoms with Gasteiger partial charge in [0.25, 0.3) is 0 Å². The predicted molar refractivity (Wildman–Crippen MR) is 109 cm³/mol. The number of carbonyl (C=O) groups excluding carboxylic acids is 1. The second kappa shape index (κ2) is 8.48. The molecule has 1 aromatic rings. The summed E-state index contributed by atoms with van der Waals surface area (Å²) in [5.74, 6) is 2.05. The Labute approximate surface area is 169 Å². The van der Waals surface area contributed by atoms with Gasteiger partial charge in [0.2, 0.25) is 0 Å². The van der Waals surface area contributed by atoms with Gasteiger partial charge in [-0.15, -0.1) is 12.4 Å². The fraction of sp³-hybridized carbons (Fsp3) is 0.682. The highest BCUT2D eigenvalue weighted by atomic mass is 35.5. The zero-order valence-electron chi connectivity index (χ0n) is 17.1. The van der Waals surface area contributed by atoms with Crippen molar-refractivity contribution in [2.24, 2.45) is 23.2 Å². The van der Waals surface area contributed by atoms with E-state index in [1.54, 1.807) is 6.07 Å². The lowest BCUT2D eigenvalue weighted by Crippen LogP contribution is -2.34. The summed E-state index contributed by atoms with van der Waals surface area (Å²) in [4.78, 5) is 14.5. The van der Waals surface area contributed by atoms with Crippen molar-refractivity contribution in [3.05, 3.63) is 29.6 Å². The van der Waals surface area contributed by atoms with Crippen LogP contribution in [-0.4, -0.2) is 31.5 Å². The van der Waals surface area contributed by atoms with Gasteiger partial charge in [0.1, 0.15) is 11.6 Å². The van der Waals surface area contributed by atoms with Crippen LogP contribution in [0, 0.1) is 29.0 Å². The van der Waals surface area contributed by atoms with Crippen LogP contribution in [0.1, 0.15) is 57.9 Å².